The molecule has 0 aromatic heterocycles. The number of benzene rings is 2. The quantitative estimate of drug-likeness (QED) is 0.673. The Labute approximate surface area is 118 Å². The molecule has 2 aromatic carbocycles. The fourth-order valence-corrected chi connectivity index (χ4v) is 2.06. The third-order valence-corrected chi connectivity index (χ3v) is 3.18. The first-order valence-corrected chi connectivity index (χ1v) is 6.22. The first kappa shape index (κ1) is 15.5. The van der Waals surface area contributed by atoms with Crippen LogP contribution in [0.25, 0.3) is 0 Å². The Morgan fingerprint density at radius 3 is 2.00 bits per heavy atom. The van der Waals surface area contributed by atoms with E-state index in [1.807, 2.05) is 0 Å². The third-order valence-electron chi connectivity index (χ3n) is 3.18. The van der Waals surface area contributed by atoms with E-state index in [9.17, 15) is 22.7 Å². The van der Waals surface area contributed by atoms with Crippen LogP contribution in [-0.2, 0) is 6.42 Å². The highest BCUT2D eigenvalue weighted by molar-refractivity contribution is 5.27. The minimum atomic E-state index is -1.59. The maximum atomic E-state index is 13.6. The summed E-state index contributed by atoms with van der Waals surface area (Å²) in [6, 6.07) is 7.09. The van der Waals surface area contributed by atoms with Crippen LogP contribution in [0.2, 0.25) is 0 Å². The summed E-state index contributed by atoms with van der Waals surface area (Å²) in [7, 11) is 0. The molecule has 0 heterocycles. The first-order valence-electron chi connectivity index (χ1n) is 6.22. The lowest BCUT2D eigenvalue weighted by Crippen LogP contribution is -2.30. The molecule has 0 fully saturated rings. The van der Waals surface area contributed by atoms with E-state index in [0.29, 0.717) is 5.56 Å². The van der Waals surface area contributed by atoms with Crippen molar-refractivity contribution in [3.05, 3.63) is 70.8 Å². The van der Waals surface area contributed by atoms with Gasteiger partial charge in [-0.05, 0) is 5.56 Å². The summed E-state index contributed by atoms with van der Waals surface area (Å²) in [6.07, 6.45) is -1.39. The highest BCUT2D eigenvalue weighted by Crippen LogP contribution is 2.27. The Balaban J connectivity index is 2.29. The lowest BCUT2D eigenvalue weighted by Gasteiger charge is -2.20. The second-order valence-corrected chi connectivity index (χ2v) is 4.66. The van der Waals surface area contributed by atoms with Gasteiger partial charge in [0.2, 0.25) is 0 Å². The largest absolute Gasteiger partial charge is 0.391 e. The predicted molar refractivity (Wildman–Crippen MR) is 69.4 cm³/mol. The average molecular weight is 299 g/mol. The Morgan fingerprint density at radius 1 is 0.952 bits per heavy atom. The van der Waals surface area contributed by atoms with E-state index in [0.717, 1.165) is 0 Å². The molecule has 21 heavy (non-hydrogen) atoms. The Kier molecular flexibility index (Phi) is 4.59. The van der Waals surface area contributed by atoms with Crippen molar-refractivity contribution in [2.24, 2.45) is 5.73 Å². The van der Waals surface area contributed by atoms with E-state index < -0.39 is 41.0 Å². The molecular formula is C15H13F4NO. The number of rotatable bonds is 4. The first-order chi connectivity index (χ1) is 9.91. The van der Waals surface area contributed by atoms with Crippen LogP contribution >= 0.6 is 0 Å². The Bertz CT molecular complexity index is 607. The molecule has 112 valence electrons. The monoisotopic (exact) mass is 299 g/mol. The van der Waals surface area contributed by atoms with E-state index in [1.165, 1.54) is 0 Å². The SMILES string of the molecule is N[C@@H](c1c(F)c(F)cc(F)c1F)[C@H](O)Cc1ccccc1. The van der Waals surface area contributed by atoms with Gasteiger partial charge in [-0.3, -0.25) is 0 Å². The molecule has 0 aliphatic rings. The van der Waals surface area contributed by atoms with Crippen molar-refractivity contribution in [1.82, 2.24) is 0 Å². The van der Waals surface area contributed by atoms with Gasteiger partial charge in [0, 0.05) is 18.1 Å². The summed E-state index contributed by atoms with van der Waals surface area (Å²) in [5.41, 5.74) is 5.25. The van der Waals surface area contributed by atoms with Gasteiger partial charge in [0.05, 0.1) is 12.1 Å². The summed E-state index contributed by atoms with van der Waals surface area (Å²) in [5.74, 6) is -6.28. The number of hydrogen-bond donors (Lipinski definition) is 2. The number of halogens is 4. The molecule has 0 bridgehead atoms. The Morgan fingerprint density at radius 2 is 1.48 bits per heavy atom. The second kappa shape index (κ2) is 6.24. The summed E-state index contributed by atoms with van der Waals surface area (Å²) in [5, 5.41) is 9.95. The van der Waals surface area contributed by atoms with E-state index in [-0.39, 0.29) is 12.5 Å². The van der Waals surface area contributed by atoms with Crippen molar-refractivity contribution in [3.63, 3.8) is 0 Å². The van der Waals surface area contributed by atoms with Crippen LogP contribution < -0.4 is 5.73 Å². The van der Waals surface area contributed by atoms with Gasteiger partial charge in [-0.1, -0.05) is 30.3 Å². The number of nitrogens with two attached hydrogens (primary N) is 1. The van der Waals surface area contributed by atoms with Gasteiger partial charge in [0.1, 0.15) is 0 Å². The molecule has 0 unspecified atom stereocenters. The highest BCUT2D eigenvalue weighted by Gasteiger charge is 2.28. The van der Waals surface area contributed by atoms with E-state index in [1.54, 1.807) is 30.3 Å². The van der Waals surface area contributed by atoms with Crippen molar-refractivity contribution >= 4 is 0 Å². The highest BCUT2D eigenvalue weighted by atomic mass is 19.2. The van der Waals surface area contributed by atoms with Crippen LogP contribution in [0, 0.1) is 23.3 Å². The smallest absolute Gasteiger partial charge is 0.166 e. The van der Waals surface area contributed by atoms with Crippen molar-refractivity contribution in [2.45, 2.75) is 18.6 Å². The molecule has 0 aliphatic carbocycles. The second-order valence-electron chi connectivity index (χ2n) is 4.66. The summed E-state index contributed by atoms with van der Waals surface area (Å²) in [6.45, 7) is 0. The molecular weight excluding hydrogens is 286 g/mol. The van der Waals surface area contributed by atoms with Gasteiger partial charge in [0.15, 0.2) is 23.3 Å². The van der Waals surface area contributed by atoms with Crippen LogP contribution in [0.15, 0.2) is 36.4 Å². The van der Waals surface area contributed by atoms with Crippen molar-refractivity contribution < 1.29 is 22.7 Å². The number of aliphatic hydroxyl groups is 1. The molecule has 0 aliphatic heterocycles. The zero-order valence-corrected chi connectivity index (χ0v) is 10.9. The van der Waals surface area contributed by atoms with Crippen molar-refractivity contribution in [3.8, 4) is 0 Å². The molecule has 0 saturated heterocycles. The standard InChI is InChI=1S/C15H13F4NO/c16-9-7-10(17)14(19)12(13(9)18)15(20)11(21)6-8-4-2-1-3-5-8/h1-5,7,11,15,21H,6,20H2/t11-,15-/m1/s1. The van der Waals surface area contributed by atoms with Gasteiger partial charge in [-0.15, -0.1) is 0 Å². The number of hydrogen-bond acceptors (Lipinski definition) is 2. The zero-order chi connectivity index (χ0) is 15.6. The van der Waals surface area contributed by atoms with Gasteiger partial charge in [0.25, 0.3) is 0 Å². The van der Waals surface area contributed by atoms with Gasteiger partial charge in [-0.2, -0.15) is 0 Å². The van der Waals surface area contributed by atoms with Crippen LogP contribution in [0.5, 0.6) is 0 Å². The molecule has 2 aromatic rings. The molecule has 2 nitrogen and oxygen atoms in total. The van der Waals surface area contributed by atoms with E-state index >= 15 is 0 Å². The summed E-state index contributed by atoms with van der Waals surface area (Å²) < 4.78 is 53.5. The van der Waals surface area contributed by atoms with E-state index in [4.69, 9.17) is 5.73 Å². The zero-order valence-electron chi connectivity index (χ0n) is 10.9. The molecule has 2 atom stereocenters. The summed E-state index contributed by atoms with van der Waals surface area (Å²) >= 11 is 0. The fraction of sp³-hybridized carbons (Fsp3) is 0.200. The lowest BCUT2D eigenvalue weighted by molar-refractivity contribution is 0.140. The molecule has 0 amide bonds. The van der Waals surface area contributed by atoms with Crippen LogP contribution in [0.1, 0.15) is 17.2 Å². The predicted octanol–water partition coefficient (Wildman–Crippen LogP) is 2.85. The molecule has 3 N–H and O–H groups in total. The molecule has 0 radical (unpaired) electrons. The molecule has 0 saturated carbocycles. The van der Waals surface area contributed by atoms with Crippen LogP contribution in [0.3, 0.4) is 0 Å². The summed E-state index contributed by atoms with van der Waals surface area (Å²) in [4.78, 5) is 0. The normalized spacial score (nSPS) is 14.0. The Hall–Kier alpha value is -1.92. The van der Waals surface area contributed by atoms with Crippen molar-refractivity contribution in [1.29, 1.82) is 0 Å². The minimum absolute atomic E-state index is 0.000973. The molecule has 6 heteroatoms. The van der Waals surface area contributed by atoms with Crippen LogP contribution in [-0.4, -0.2) is 11.2 Å². The molecule has 2 rings (SSSR count). The third kappa shape index (κ3) is 3.22. The maximum absolute atomic E-state index is 13.6. The van der Waals surface area contributed by atoms with E-state index in [2.05, 4.69) is 0 Å². The topological polar surface area (TPSA) is 46.2 Å². The van der Waals surface area contributed by atoms with Crippen molar-refractivity contribution in [2.75, 3.05) is 0 Å². The van der Waals surface area contributed by atoms with Gasteiger partial charge < -0.3 is 10.8 Å². The van der Waals surface area contributed by atoms with Crippen LogP contribution in [0.4, 0.5) is 17.6 Å². The maximum Gasteiger partial charge on any atom is 0.166 e. The minimum Gasteiger partial charge on any atom is -0.391 e. The average Bonchev–Trinajstić information content (AvgIpc) is 2.46. The number of aliphatic hydroxyl groups excluding tert-OH is 1. The fourth-order valence-electron chi connectivity index (χ4n) is 2.06. The lowest BCUT2D eigenvalue weighted by atomic mass is 9.95. The molecule has 0 spiro atoms. The van der Waals surface area contributed by atoms with Gasteiger partial charge in [-0.25, -0.2) is 17.6 Å². The van der Waals surface area contributed by atoms with Gasteiger partial charge >= 0.3 is 0 Å².